The van der Waals surface area contributed by atoms with E-state index in [1.54, 1.807) is 225 Å². The molecular weight excluding hydrogens is 1490 g/mol. The summed E-state index contributed by atoms with van der Waals surface area (Å²) in [6.45, 7) is 5.82. The van der Waals surface area contributed by atoms with E-state index in [0.717, 1.165) is 72.6 Å². The Morgan fingerprint density at radius 2 is 0.508 bits per heavy atom. The van der Waals surface area contributed by atoms with E-state index in [2.05, 4.69) is 0 Å². The number of hydrogen-bond donors (Lipinski definition) is 0. The number of benzene rings is 12. The molecule has 16 amide bonds. The summed E-state index contributed by atoms with van der Waals surface area (Å²) in [5.41, 5.74) is 9.48. The normalized spacial score (nSPS) is 16.4. The van der Waals surface area contributed by atoms with Crippen LogP contribution in [-0.4, -0.2) is 90.5 Å². The minimum absolute atomic E-state index is 0.105. The van der Waals surface area contributed by atoms with Gasteiger partial charge in [-0.2, -0.15) is 0 Å². The SMILES string of the molecule is COc1ccc(CC2C(=O)N(Cc3ccccc3)C(=O)N(c3ccccc3)C2=O)cc1.COc1ccc(N2C(=O)C(c3ccccc3)C(=O)N(c3ccccc3)C2=O)cc1.Cc1ccc(N2C(=O)C(c3ccccc3)C(=O)N(c3ccccc3)C2=O)cc1.Cc1cccc(N2C(=O)C(Cc3ccccc3)C(=O)N(c3cccc(C)c3)C2=O)c1. The van der Waals surface area contributed by atoms with Crippen LogP contribution in [0.4, 0.5) is 59.0 Å². The fourth-order valence-electron chi connectivity index (χ4n) is 14.1. The van der Waals surface area contributed by atoms with Gasteiger partial charge < -0.3 is 9.47 Å². The predicted octanol–water partition coefficient (Wildman–Crippen LogP) is 17.0. The van der Waals surface area contributed by atoms with Crippen molar-refractivity contribution in [3.05, 3.63) is 378 Å². The van der Waals surface area contributed by atoms with Gasteiger partial charge in [-0.3, -0.25) is 43.3 Å². The Labute approximate surface area is 681 Å². The van der Waals surface area contributed by atoms with Crippen LogP contribution in [0.3, 0.4) is 0 Å². The average molecular weight is 1570 g/mol. The quantitative estimate of drug-likeness (QED) is 0.0769. The zero-order valence-corrected chi connectivity index (χ0v) is 65.0. The van der Waals surface area contributed by atoms with Crippen molar-refractivity contribution in [2.24, 2.45) is 11.8 Å². The van der Waals surface area contributed by atoms with E-state index >= 15 is 0 Å². The molecule has 4 saturated heterocycles. The van der Waals surface area contributed by atoms with Crippen LogP contribution in [0.1, 0.15) is 56.3 Å². The molecule has 22 nitrogen and oxygen atoms in total. The maximum atomic E-state index is 13.4. The number of ether oxygens (including phenoxy) is 2. The van der Waals surface area contributed by atoms with Crippen molar-refractivity contribution in [3.63, 3.8) is 0 Å². The fourth-order valence-corrected chi connectivity index (χ4v) is 14.1. The van der Waals surface area contributed by atoms with Crippen LogP contribution in [-0.2, 0) is 57.7 Å². The van der Waals surface area contributed by atoms with Gasteiger partial charge in [0, 0.05) is 0 Å². The van der Waals surface area contributed by atoms with E-state index < -0.39 is 95.1 Å². The number of hydrogen-bond acceptors (Lipinski definition) is 14. The summed E-state index contributed by atoms with van der Waals surface area (Å²) < 4.78 is 10.3. The van der Waals surface area contributed by atoms with Crippen molar-refractivity contribution >= 4 is 111 Å². The van der Waals surface area contributed by atoms with E-state index in [-0.39, 0.29) is 19.4 Å². The van der Waals surface area contributed by atoms with E-state index in [1.165, 1.54) is 7.11 Å². The molecule has 3 atom stereocenters. The standard InChI is InChI=1S/C25H22N2O4.C25H22N2O3.C23H18N2O4.C23H18N2O3/c1-31-21-14-12-18(13-15-21)16-22-23(28)26(17-19-8-4-2-5-9-19)25(30)27(24(22)29)20-10-6-3-7-11-20;1-17-8-6-12-20(14-17)26-23(28)22(16-19-10-4-3-5-11-19)24(29)27(25(26)30)21-13-7-9-18(2)15-21;1-29-19-14-12-18(13-15-19)25-22(27)20(16-8-4-2-5-9-16)21(26)24(23(25)28)17-10-6-3-7-11-17;1-16-12-14-19(15-13-16)25-22(27)20(17-8-4-2-5-9-17)21(26)24(23(25)28)18-10-6-3-7-11-18/h2-15,22H,16-17H2,1H3;3-15,22H,16H2,1-2H3;2-15,20H,1H3;2-15,20H,1H3. The van der Waals surface area contributed by atoms with Crippen molar-refractivity contribution in [3.8, 4) is 11.5 Å². The number of aryl methyl sites for hydroxylation is 3. The molecule has 0 aromatic heterocycles. The number of rotatable bonds is 17. The number of barbiturate groups is 4. The highest BCUT2D eigenvalue weighted by molar-refractivity contribution is 6.40. The second kappa shape index (κ2) is 36.7. The number of nitrogens with zero attached hydrogens (tertiary/aromatic N) is 8. The highest BCUT2D eigenvalue weighted by atomic mass is 16.5. The van der Waals surface area contributed by atoms with Crippen LogP contribution < -0.4 is 43.8 Å². The van der Waals surface area contributed by atoms with E-state index in [1.807, 2.05) is 136 Å². The molecule has 16 rings (SSSR count). The molecule has 588 valence electrons. The first-order chi connectivity index (χ1) is 57.2. The molecule has 0 saturated carbocycles. The third-order valence-corrected chi connectivity index (χ3v) is 20.1. The van der Waals surface area contributed by atoms with Crippen molar-refractivity contribution < 1.29 is 67.0 Å². The van der Waals surface area contributed by atoms with Gasteiger partial charge >= 0.3 is 24.1 Å². The molecule has 0 aliphatic carbocycles. The van der Waals surface area contributed by atoms with Crippen LogP contribution in [0.15, 0.2) is 334 Å². The third-order valence-electron chi connectivity index (χ3n) is 20.1. The van der Waals surface area contributed by atoms with Gasteiger partial charge in [0.2, 0.25) is 23.6 Å². The maximum absolute atomic E-state index is 13.4. The summed E-state index contributed by atoms with van der Waals surface area (Å²) in [7, 11) is 3.11. The second-order valence-corrected chi connectivity index (χ2v) is 28.0. The monoisotopic (exact) mass is 1570 g/mol. The van der Waals surface area contributed by atoms with Gasteiger partial charge in [-0.1, -0.05) is 230 Å². The summed E-state index contributed by atoms with van der Waals surface area (Å²) in [5.74, 6) is -7.11. The first kappa shape index (κ1) is 80.7. The fraction of sp³-hybridized carbons (Fsp3) is 0.125. The number of anilines is 7. The first-order valence-corrected chi connectivity index (χ1v) is 37.9. The van der Waals surface area contributed by atoms with Crippen LogP contribution in [0.2, 0.25) is 0 Å². The van der Waals surface area contributed by atoms with Crippen molar-refractivity contribution in [2.45, 2.75) is 52.0 Å². The van der Waals surface area contributed by atoms with Crippen LogP contribution in [0.25, 0.3) is 0 Å². The van der Waals surface area contributed by atoms with Gasteiger partial charge in [-0.05, 0) is 182 Å². The number of para-hydroxylation sites is 3. The molecule has 4 aliphatic heterocycles. The molecule has 4 heterocycles. The molecule has 12 aromatic carbocycles. The maximum Gasteiger partial charge on any atom is 0.342 e. The number of urea groups is 4. The highest BCUT2D eigenvalue weighted by Crippen LogP contribution is 2.38. The Kier molecular flexibility index (Phi) is 25.1. The van der Waals surface area contributed by atoms with Crippen LogP contribution in [0.5, 0.6) is 11.5 Å². The number of amides is 16. The minimum Gasteiger partial charge on any atom is -0.497 e. The molecule has 4 aliphatic rings. The van der Waals surface area contributed by atoms with Gasteiger partial charge in [0.25, 0.3) is 23.6 Å². The van der Waals surface area contributed by atoms with Crippen molar-refractivity contribution in [1.82, 2.24) is 4.90 Å². The smallest absolute Gasteiger partial charge is 0.342 e. The Balaban J connectivity index is 0.000000136. The summed E-state index contributed by atoms with van der Waals surface area (Å²) in [6.07, 6.45) is 0.431. The largest absolute Gasteiger partial charge is 0.497 e. The molecular formula is C96H80N8O14. The van der Waals surface area contributed by atoms with E-state index in [4.69, 9.17) is 9.47 Å². The lowest BCUT2D eigenvalue weighted by molar-refractivity contribution is -0.142. The Bertz CT molecular complexity index is 5510. The molecule has 22 heteroatoms. The third kappa shape index (κ3) is 17.6. The van der Waals surface area contributed by atoms with E-state index in [0.29, 0.717) is 62.4 Å². The summed E-state index contributed by atoms with van der Waals surface area (Å²) in [5, 5.41) is 0. The van der Waals surface area contributed by atoms with Gasteiger partial charge in [0.1, 0.15) is 35.2 Å². The molecule has 0 spiro atoms. The first-order valence-electron chi connectivity index (χ1n) is 37.9. The lowest BCUT2D eigenvalue weighted by atomic mass is 9.93. The van der Waals surface area contributed by atoms with Gasteiger partial charge in [-0.25, -0.2) is 53.5 Å². The zero-order chi connectivity index (χ0) is 83.1. The number of imide groups is 8. The molecule has 12 aromatic rings. The zero-order valence-electron chi connectivity index (χ0n) is 65.0. The molecule has 3 unspecified atom stereocenters. The molecule has 4 fully saturated rings. The minimum atomic E-state index is -1.11. The van der Waals surface area contributed by atoms with Crippen LogP contribution in [0, 0.1) is 32.6 Å². The Hall–Kier alpha value is -15.3. The highest BCUT2D eigenvalue weighted by Gasteiger charge is 2.52. The van der Waals surface area contributed by atoms with Crippen LogP contribution >= 0.6 is 0 Å². The topological polar surface area (TPSA) is 249 Å². The number of carbonyl (C=O) groups excluding carboxylic acids is 12. The Morgan fingerprint density at radius 1 is 0.237 bits per heavy atom. The Morgan fingerprint density at radius 3 is 0.856 bits per heavy atom. The van der Waals surface area contributed by atoms with Gasteiger partial charge in [-0.15, -0.1) is 0 Å². The molecule has 118 heavy (non-hydrogen) atoms. The molecule has 0 radical (unpaired) electrons. The van der Waals surface area contributed by atoms with Crippen molar-refractivity contribution in [1.29, 1.82) is 0 Å². The number of carbonyl (C=O) groups is 12. The molecule has 0 bridgehead atoms. The van der Waals surface area contributed by atoms with E-state index in [9.17, 15) is 57.5 Å². The molecule has 0 N–H and O–H groups in total. The number of methoxy groups -OCH3 is 2. The summed E-state index contributed by atoms with van der Waals surface area (Å²) >= 11 is 0. The summed E-state index contributed by atoms with van der Waals surface area (Å²) in [4.78, 5) is 168. The average Bonchev–Trinajstić information content (AvgIpc) is 0.775. The second-order valence-electron chi connectivity index (χ2n) is 28.0. The van der Waals surface area contributed by atoms with Gasteiger partial charge in [0.15, 0.2) is 0 Å². The summed E-state index contributed by atoms with van der Waals surface area (Å²) in [6, 6.07) is 94.8. The van der Waals surface area contributed by atoms with Crippen molar-refractivity contribution in [2.75, 3.05) is 48.5 Å². The lowest BCUT2D eigenvalue weighted by Crippen LogP contribution is -2.61. The van der Waals surface area contributed by atoms with Gasteiger partial charge in [0.05, 0.1) is 60.6 Å². The predicted molar refractivity (Wildman–Crippen MR) is 449 cm³/mol. The lowest BCUT2D eigenvalue weighted by Gasteiger charge is -2.37.